The van der Waals surface area contributed by atoms with E-state index in [2.05, 4.69) is 27.1 Å². The molecule has 134 valence electrons. The van der Waals surface area contributed by atoms with E-state index in [0.717, 1.165) is 49.4 Å². The van der Waals surface area contributed by atoms with E-state index in [1.54, 1.807) is 12.1 Å². The Kier molecular flexibility index (Phi) is 5.60. The molecular formula is C18H24ClN5O. The first kappa shape index (κ1) is 17.8. The maximum atomic E-state index is 9.60. The number of aliphatic hydroxyl groups excluding tert-OH is 1. The average Bonchev–Trinajstić information content (AvgIpc) is 3.07. The summed E-state index contributed by atoms with van der Waals surface area (Å²) in [5.41, 5.74) is 8.16. The van der Waals surface area contributed by atoms with E-state index in [0.29, 0.717) is 16.7 Å². The smallest absolute Gasteiger partial charge is 0.229 e. The molecule has 4 N–H and O–H groups in total. The Morgan fingerprint density at radius 2 is 2.20 bits per heavy atom. The predicted octanol–water partition coefficient (Wildman–Crippen LogP) is 3.37. The van der Waals surface area contributed by atoms with E-state index in [1.807, 2.05) is 12.1 Å². The molecule has 0 amide bonds. The van der Waals surface area contributed by atoms with Gasteiger partial charge in [-0.1, -0.05) is 24.9 Å². The van der Waals surface area contributed by atoms with Gasteiger partial charge in [-0.05, 0) is 37.5 Å². The number of aromatic nitrogens is 2. The average molecular weight is 362 g/mol. The Hall–Kier alpha value is -2.05. The lowest BCUT2D eigenvalue weighted by atomic mass is 10.2. The first-order chi connectivity index (χ1) is 12.1. The summed E-state index contributed by atoms with van der Waals surface area (Å²) in [6.45, 7) is 3.17. The molecule has 1 fully saturated rings. The zero-order chi connectivity index (χ0) is 17.8. The first-order valence-corrected chi connectivity index (χ1v) is 9.06. The Morgan fingerprint density at radius 3 is 2.92 bits per heavy atom. The van der Waals surface area contributed by atoms with Gasteiger partial charge < -0.3 is 21.1 Å². The molecule has 7 heteroatoms. The molecule has 0 radical (unpaired) electrons. The van der Waals surface area contributed by atoms with Crippen LogP contribution in [0.5, 0.6) is 0 Å². The molecule has 1 aliphatic heterocycles. The highest BCUT2D eigenvalue weighted by Crippen LogP contribution is 2.28. The molecule has 0 bridgehead atoms. The molecule has 1 aliphatic rings. The summed E-state index contributed by atoms with van der Waals surface area (Å²) in [5.74, 6) is 1.39. The maximum absolute atomic E-state index is 9.60. The minimum atomic E-state index is 0.128. The highest BCUT2D eigenvalue weighted by molar-refractivity contribution is 6.33. The number of anilines is 4. The van der Waals surface area contributed by atoms with Gasteiger partial charge in [-0.15, -0.1) is 0 Å². The van der Waals surface area contributed by atoms with Crippen molar-refractivity contribution in [2.24, 2.45) is 0 Å². The highest BCUT2D eigenvalue weighted by atomic mass is 35.5. The van der Waals surface area contributed by atoms with Crippen LogP contribution in [0.15, 0.2) is 24.3 Å². The van der Waals surface area contributed by atoms with Crippen LogP contribution >= 0.6 is 11.6 Å². The van der Waals surface area contributed by atoms with Crippen molar-refractivity contribution >= 4 is 34.7 Å². The number of nitrogen functional groups attached to an aromatic ring is 1. The van der Waals surface area contributed by atoms with Gasteiger partial charge in [-0.25, -0.2) is 4.98 Å². The largest absolute Gasteiger partial charge is 0.397 e. The topological polar surface area (TPSA) is 87.3 Å². The zero-order valence-electron chi connectivity index (χ0n) is 14.4. The molecule has 0 spiro atoms. The number of benzene rings is 1. The lowest BCUT2D eigenvalue weighted by Gasteiger charge is -2.25. The Balaban J connectivity index is 1.90. The number of nitrogens with one attached hydrogen (secondary N) is 1. The van der Waals surface area contributed by atoms with E-state index in [1.165, 1.54) is 0 Å². The molecular weight excluding hydrogens is 338 g/mol. The van der Waals surface area contributed by atoms with Crippen LogP contribution in [0.2, 0.25) is 5.02 Å². The summed E-state index contributed by atoms with van der Waals surface area (Å²) in [6.07, 6.45) is 3.94. The molecule has 1 saturated heterocycles. The van der Waals surface area contributed by atoms with Crippen molar-refractivity contribution in [3.05, 3.63) is 35.0 Å². The number of hydrogen-bond acceptors (Lipinski definition) is 6. The van der Waals surface area contributed by atoms with Gasteiger partial charge in [0.05, 0.1) is 23.4 Å². The Labute approximate surface area is 153 Å². The van der Waals surface area contributed by atoms with Crippen molar-refractivity contribution in [1.29, 1.82) is 0 Å². The third-order valence-corrected chi connectivity index (χ3v) is 4.75. The fourth-order valence-electron chi connectivity index (χ4n) is 3.15. The van der Waals surface area contributed by atoms with Gasteiger partial charge in [0.2, 0.25) is 5.95 Å². The number of nitrogens with two attached hydrogens (primary N) is 1. The number of hydrogen-bond donors (Lipinski definition) is 3. The summed E-state index contributed by atoms with van der Waals surface area (Å²) in [5, 5.41) is 13.3. The van der Waals surface area contributed by atoms with Crippen LogP contribution in [-0.2, 0) is 6.42 Å². The van der Waals surface area contributed by atoms with Crippen LogP contribution in [0.1, 0.15) is 31.9 Å². The molecule has 1 atom stereocenters. The van der Waals surface area contributed by atoms with E-state index in [9.17, 15) is 5.11 Å². The van der Waals surface area contributed by atoms with Crippen LogP contribution in [0.4, 0.5) is 23.1 Å². The Morgan fingerprint density at radius 1 is 1.36 bits per heavy atom. The number of aryl methyl sites for hydroxylation is 1. The lowest BCUT2D eigenvalue weighted by Crippen LogP contribution is -2.33. The molecule has 0 aliphatic carbocycles. The van der Waals surface area contributed by atoms with E-state index < -0.39 is 0 Å². The normalized spacial score (nSPS) is 17.1. The summed E-state index contributed by atoms with van der Waals surface area (Å²) in [4.78, 5) is 11.4. The molecule has 1 aromatic carbocycles. The van der Waals surface area contributed by atoms with Crippen LogP contribution in [-0.4, -0.2) is 34.3 Å². The SMILES string of the molecule is CCCc1cc(N2CCCC2CO)nc(Nc2ccc(Cl)c(N)c2)n1. The third-order valence-electron chi connectivity index (χ3n) is 4.41. The predicted molar refractivity (Wildman–Crippen MR) is 103 cm³/mol. The van der Waals surface area contributed by atoms with Crippen molar-refractivity contribution < 1.29 is 5.11 Å². The maximum Gasteiger partial charge on any atom is 0.229 e. The standard InChI is InChI=1S/C18H24ClN5O/c1-2-4-12-10-17(24-8-3-5-14(24)11-25)23-18(21-12)22-13-6-7-15(19)16(20)9-13/h6-7,9-10,14,25H,2-5,8,11,20H2,1H3,(H,21,22,23). The van der Waals surface area contributed by atoms with E-state index in [-0.39, 0.29) is 12.6 Å². The van der Waals surface area contributed by atoms with Crippen molar-refractivity contribution in [1.82, 2.24) is 9.97 Å². The number of rotatable bonds is 6. The minimum absolute atomic E-state index is 0.128. The highest BCUT2D eigenvalue weighted by Gasteiger charge is 2.25. The molecule has 25 heavy (non-hydrogen) atoms. The van der Waals surface area contributed by atoms with Crippen LogP contribution in [0.25, 0.3) is 0 Å². The monoisotopic (exact) mass is 361 g/mol. The quantitative estimate of drug-likeness (QED) is 0.684. The van der Waals surface area contributed by atoms with Gasteiger partial charge in [0.1, 0.15) is 5.82 Å². The second-order valence-electron chi connectivity index (χ2n) is 6.32. The third kappa shape index (κ3) is 4.14. The van der Waals surface area contributed by atoms with Gasteiger partial charge in [0.25, 0.3) is 0 Å². The van der Waals surface area contributed by atoms with Crippen molar-refractivity contribution in [3.8, 4) is 0 Å². The molecule has 1 unspecified atom stereocenters. The number of aliphatic hydroxyl groups is 1. The second kappa shape index (κ2) is 7.89. The number of nitrogens with zero attached hydrogens (tertiary/aromatic N) is 3. The van der Waals surface area contributed by atoms with Crippen LogP contribution in [0, 0.1) is 0 Å². The van der Waals surface area contributed by atoms with Crippen LogP contribution < -0.4 is 16.0 Å². The summed E-state index contributed by atoms with van der Waals surface area (Å²) in [7, 11) is 0. The zero-order valence-corrected chi connectivity index (χ0v) is 15.1. The molecule has 3 rings (SSSR count). The lowest BCUT2D eigenvalue weighted by molar-refractivity contribution is 0.266. The molecule has 1 aromatic heterocycles. The van der Waals surface area contributed by atoms with E-state index in [4.69, 9.17) is 17.3 Å². The van der Waals surface area contributed by atoms with Gasteiger partial charge in [-0.3, -0.25) is 0 Å². The van der Waals surface area contributed by atoms with Crippen LogP contribution in [0.3, 0.4) is 0 Å². The van der Waals surface area contributed by atoms with Crippen molar-refractivity contribution in [2.75, 3.05) is 29.1 Å². The Bertz CT molecular complexity index is 739. The first-order valence-electron chi connectivity index (χ1n) is 8.68. The summed E-state index contributed by atoms with van der Waals surface area (Å²) < 4.78 is 0. The second-order valence-corrected chi connectivity index (χ2v) is 6.73. The van der Waals surface area contributed by atoms with Gasteiger partial charge in [-0.2, -0.15) is 4.98 Å². The summed E-state index contributed by atoms with van der Waals surface area (Å²) in [6, 6.07) is 7.52. The van der Waals surface area contributed by atoms with Gasteiger partial charge in [0, 0.05) is 24.0 Å². The van der Waals surface area contributed by atoms with Crippen molar-refractivity contribution in [2.45, 2.75) is 38.6 Å². The van der Waals surface area contributed by atoms with E-state index >= 15 is 0 Å². The molecule has 0 saturated carbocycles. The molecule has 2 heterocycles. The summed E-state index contributed by atoms with van der Waals surface area (Å²) >= 11 is 5.98. The number of halogens is 1. The fraction of sp³-hybridized carbons (Fsp3) is 0.444. The van der Waals surface area contributed by atoms with Crippen molar-refractivity contribution in [3.63, 3.8) is 0 Å². The van der Waals surface area contributed by atoms with Gasteiger partial charge >= 0.3 is 0 Å². The molecule has 6 nitrogen and oxygen atoms in total. The fourth-order valence-corrected chi connectivity index (χ4v) is 3.27. The van der Waals surface area contributed by atoms with Gasteiger partial charge in [0.15, 0.2) is 0 Å². The molecule has 2 aromatic rings. The minimum Gasteiger partial charge on any atom is -0.397 e.